The molecule has 1 N–H and O–H groups in total. The van der Waals surface area contributed by atoms with Gasteiger partial charge < -0.3 is 9.84 Å². The lowest BCUT2D eigenvalue weighted by Crippen LogP contribution is -2.35. The van der Waals surface area contributed by atoms with E-state index in [1.807, 2.05) is 0 Å². The summed E-state index contributed by atoms with van der Waals surface area (Å²) in [5, 5.41) is 8.27. The number of carboxylic acid groups (broad SMARTS) is 1. The number of hydrogen-bond donors (Lipinski definition) is 1. The minimum absolute atomic E-state index is 0.307. The van der Waals surface area contributed by atoms with Gasteiger partial charge in [-0.2, -0.15) is 13.2 Å². The van der Waals surface area contributed by atoms with E-state index < -0.39 is 55.8 Å². The van der Waals surface area contributed by atoms with E-state index in [9.17, 15) is 31.5 Å². The van der Waals surface area contributed by atoms with E-state index in [1.54, 1.807) is 0 Å². The number of carboxylic acids is 1. The first-order valence-corrected chi connectivity index (χ1v) is 9.37. The Hall–Kier alpha value is -2.08. The van der Waals surface area contributed by atoms with E-state index >= 15 is 0 Å². The molecular formula is C15H11Cl2F3N2O5S. The van der Waals surface area contributed by atoms with Gasteiger partial charge in [0.2, 0.25) is 0 Å². The lowest BCUT2D eigenvalue weighted by Gasteiger charge is -2.25. The van der Waals surface area contributed by atoms with Gasteiger partial charge in [0.1, 0.15) is 12.4 Å². The third-order valence-electron chi connectivity index (χ3n) is 3.40. The van der Waals surface area contributed by atoms with Crippen LogP contribution in [-0.2, 0) is 20.9 Å². The van der Waals surface area contributed by atoms with E-state index in [1.165, 1.54) is 0 Å². The van der Waals surface area contributed by atoms with Crippen LogP contribution in [0.4, 0.5) is 18.9 Å². The molecular weight excluding hydrogens is 448 g/mol. The predicted octanol–water partition coefficient (Wildman–Crippen LogP) is 3.90. The van der Waals surface area contributed by atoms with Crippen molar-refractivity contribution >= 4 is 44.9 Å². The predicted molar refractivity (Wildman–Crippen MR) is 94.2 cm³/mol. The van der Waals surface area contributed by atoms with Gasteiger partial charge in [-0.25, -0.2) is 22.5 Å². The Bertz CT molecular complexity index is 1020. The number of alkyl halides is 3. The normalized spacial score (nSPS) is 12.1. The van der Waals surface area contributed by atoms with Crippen molar-refractivity contribution in [2.75, 3.05) is 18.1 Å². The zero-order valence-corrected chi connectivity index (χ0v) is 16.2. The van der Waals surface area contributed by atoms with Crippen molar-refractivity contribution in [3.8, 4) is 0 Å². The van der Waals surface area contributed by atoms with Crippen LogP contribution in [0.1, 0.15) is 16.1 Å². The summed E-state index contributed by atoms with van der Waals surface area (Å²) in [4.78, 5) is 14.2. The first-order valence-electron chi connectivity index (χ1n) is 7.17. The minimum atomic E-state index is -4.91. The molecule has 13 heteroatoms. The molecule has 0 saturated carbocycles. The average Bonchev–Trinajstić information content (AvgIpc) is 2.58. The Morgan fingerprint density at radius 3 is 2.43 bits per heavy atom. The SMILES string of the molecule is COCN(c1c(Cl)ccnc1C(=O)O)S(=O)(=O)c1ccc(Cl)c(C(F)(F)F)c1. The largest absolute Gasteiger partial charge is 0.476 e. The quantitative estimate of drug-likeness (QED) is 0.659. The first-order chi connectivity index (χ1) is 12.9. The molecule has 0 fully saturated rings. The number of carbonyl (C=O) groups is 1. The van der Waals surface area contributed by atoms with Crippen LogP contribution in [0, 0.1) is 0 Å². The molecule has 0 aliphatic rings. The second-order valence-corrected chi connectivity index (χ2v) is 7.88. The van der Waals surface area contributed by atoms with Crippen molar-refractivity contribution in [3.05, 3.63) is 51.8 Å². The van der Waals surface area contributed by atoms with Crippen LogP contribution in [-0.4, -0.2) is 38.3 Å². The van der Waals surface area contributed by atoms with Gasteiger partial charge in [0.25, 0.3) is 10.0 Å². The number of hydrogen-bond acceptors (Lipinski definition) is 5. The maximum atomic E-state index is 13.1. The van der Waals surface area contributed by atoms with Crippen LogP contribution in [0.25, 0.3) is 0 Å². The number of nitrogens with zero attached hydrogens (tertiary/aromatic N) is 2. The highest BCUT2D eigenvalue weighted by atomic mass is 35.5. The number of rotatable bonds is 6. The van der Waals surface area contributed by atoms with Gasteiger partial charge in [0.05, 0.1) is 20.5 Å². The Balaban J connectivity index is 2.73. The molecule has 152 valence electrons. The summed E-state index contributed by atoms with van der Waals surface area (Å²) >= 11 is 11.5. The smallest absolute Gasteiger partial charge is 0.417 e. The van der Waals surface area contributed by atoms with Crippen LogP contribution in [0.3, 0.4) is 0 Å². The van der Waals surface area contributed by atoms with Crippen molar-refractivity contribution < 1.29 is 36.2 Å². The summed E-state index contributed by atoms with van der Waals surface area (Å²) in [6.45, 7) is -0.738. The number of ether oxygens (including phenoxy) is 1. The first kappa shape index (κ1) is 22.2. The fourth-order valence-corrected chi connectivity index (χ4v) is 4.16. The van der Waals surface area contributed by atoms with Crippen molar-refractivity contribution in [1.82, 2.24) is 4.98 Å². The highest BCUT2D eigenvalue weighted by molar-refractivity contribution is 7.92. The van der Waals surface area contributed by atoms with Crippen LogP contribution in [0.2, 0.25) is 10.0 Å². The van der Waals surface area contributed by atoms with Gasteiger partial charge in [-0.05, 0) is 24.3 Å². The average molecular weight is 459 g/mol. The number of benzene rings is 1. The fourth-order valence-electron chi connectivity index (χ4n) is 2.20. The maximum Gasteiger partial charge on any atom is 0.417 e. The van der Waals surface area contributed by atoms with Gasteiger partial charge in [-0.1, -0.05) is 23.2 Å². The molecule has 2 aromatic rings. The second kappa shape index (κ2) is 8.11. The van der Waals surface area contributed by atoms with E-state index in [2.05, 4.69) is 4.98 Å². The van der Waals surface area contributed by atoms with E-state index in [0.717, 1.165) is 31.5 Å². The molecule has 2 rings (SSSR count). The summed E-state index contributed by atoms with van der Waals surface area (Å²) in [5.74, 6) is -1.60. The monoisotopic (exact) mass is 458 g/mol. The lowest BCUT2D eigenvalue weighted by molar-refractivity contribution is -0.137. The highest BCUT2D eigenvalue weighted by Gasteiger charge is 2.37. The molecule has 0 aliphatic carbocycles. The van der Waals surface area contributed by atoms with Crippen LogP contribution < -0.4 is 4.31 Å². The van der Waals surface area contributed by atoms with E-state index in [-0.39, 0.29) is 5.02 Å². The molecule has 1 aromatic heterocycles. The van der Waals surface area contributed by atoms with Crippen molar-refractivity contribution in [3.63, 3.8) is 0 Å². The van der Waals surface area contributed by atoms with Crippen molar-refractivity contribution in [2.24, 2.45) is 0 Å². The van der Waals surface area contributed by atoms with Gasteiger partial charge in [-0.3, -0.25) is 0 Å². The van der Waals surface area contributed by atoms with Crippen molar-refractivity contribution in [1.29, 1.82) is 0 Å². The van der Waals surface area contributed by atoms with Crippen LogP contribution in [0.15, 0.2) is 35.4 Å². The third kappa shape index (κ3) is 4.32. The van der Waals surface area contributed by atoms with Gasteiger partial charge in [-0.15, -0.1) is 0 Å². The molecule has 0 aliphatic heterocycles. The standard InChI is InChI=1S/C15H11Cl2F3N2O5S/c1-27-7-22(13-11(17)4-5-21-12(13)14(23)24)28(25,26)8-2-3-10(16)9(6-8)15(18,19)20/h2-6H,7H2,1H3,(H,23,24). The fraction of sp³-hybridized carbons (Fsp3) is 0.200. The molecule has 0 atom stereocenters. The zero-order valence-electron chi connectivity index (χ0n) is 13.9. The molecule has 28 heavy (non-hydrogen) atoms. The Labute approximate surface area is 167 Å². The maximum absolute atomic E-state index is 13.1. The Kier molecular flexibility index (Phi) is 6.44. The van der Waals surface area contributed by atoms with Crippen LogP contribution >= 0.6 is 23.2 Å². The zero-order chi connectivity index (χ0) is 21.3. The molecule has 7 nitrogen and oxygen atoms in total. The second-order valence-electron chi connectivity index (χ2n) is 5.21. The van der Waals surface area contributed by atoms with Gasteiger partial charge in [0.15, 0.2) is 5.69 Å². The summed E-state index contributed by atoms with van der Waals surface area (Å²) in [6, 6.07) is 3.08. The van der Waals surface area contributed by atoms with E-state index in [4.69, 9.17) is 27.9 Å². The molecule has 1 aromatic carbocycles. The molecule has 1 heterocycles. The van der Waals surface area contributed by atoms with E-state index in [0.29, 0.717) is 10.4 Å². The summed E-state index contributed by atoms with van der Waals surface area (Å²) in [5.41, 5.74) is -2.65. The molecule has 0 unspecified atom stereocenters. The Morgan fingerprint density at radius 2 is 1.89 bits per heavy atom. The van der Waals surface area contributed by atoms with Crippen LogP contribution in [0.5, 0.6) is 0 Å². The number of methoxy groups -OCH3 is 1. The molecule has 0 amide bonds. The highest BCUT2D eigenvalue weighted by Crippen LogP contribution is 2.38. The number of aromatic carboxylic acids is 1. The third-order valence-corrected chi connectivity index (χ3v) is 5.76. The number of pyridine rings is 1. The Morgan fingerprint density at radius 1 is 1.25 bits per heavy atom. The number of aromatic nitrogens is 1. The molecule has 0 saturated heterocycles. The minimum Gasteiger partial charge on any atom is -0.476 e. The summed E-state index contributed by atoms with van der Waals surface area (Å²) in [6.07, 6.45) is -3.87. The number of halogens is 5. The van der Waals surface area contributed by atoms with Gasteiger partial charge >= 0.3 is 12.1 Å². The topological polar surface area (TPSA) is 96.8 Å². The summed E-state index contributed by atoms with van der Waals surface area (Å²) < 4.78 is 70.5. The molecule has 0 spiro atoms. The number of anilines is 1. The van der Waals surface area contributed by atoms with Crippen molar-refractivity contribution in [2.45, 2.75) is 11.1 Å². The van der Waals surface area contributed by atoms with Gasteiger partial charge in [0, 0.05) is 13.3 Å². The summed E-state index contributed by atoms with van der Waals surface area (Å²) in [7, 11) is -3.63. The molecule has 0 radical (unpaired) electrons. The lowest BCUT2D eigenvalue weighted by atomic mass is 10.2. The number of sulfonamides is 1. The molecule has 0 bridgehead atoms.